The predicted octanol–water partition coefficient (Wildman–Crippen LogP) is 1.75. The molecular formula is C12H18CoO5-2. The van der Waals surface area contributed by atoms with Crippen molar-refractivity contribution in [2.45, 2.75) is 26.9 Å². The third-order valence-corrected chi connectivity index (χ3v) is 1.21. The Morgan fingerprint density at radius 1 is 1.44 bits per heavy atom. The number of carbonyl (C=O) groups excluding carboxylic acids is 2. The van der Waals surface area contributed by atoms with Crippen molar-refractivity contribution in [2.75, 3.05) is 6.61 Å². The number of hydrogen-bond donors (Lipinski definition) is 0. The summed E-state index contributed by atoms with van der Waals surface area (Å²) in [4.78, 5) is 21.8. The Morgan fingerprint density at radius 2 is 1.83 bits per heavy atom. The molecule has 0 saturated carbocycles. The zero-order valence-electron chi connectivity index (χ0n) is 10.8. The van der Waals surface area contributed by atoms with E-state index >= 15 is 0 Å². The van der Waals surface area contributed by atoms with Crippen LogP contribution in [-0.4, -0.2) is 24.6 Å². The first kappa shape index (κ1) is 22.0. The van der Waals surface area contributed by atoms with Crippen molar-refractivity contribution in [2.24, 2.45) is 0 Å². The van der Waals surface area contributed by atoms with E-state index in [9.17, 15) is 9.59 Å². The second-order valence-corrected chi connectivity index (χ2v) is 2.85. The SMILES string of the molecule is C=C(C)C(=O)OC(C)C(=O)OC[CH2-].C=[C-]C.[O]=[Co]. The molecule has 0 spiro atoms. The third kappa shape index (κ3) is 14.7. The minimum absolute atomic E-state index is 0.0216. The van der Waals surface area contributed by atoms with Crippen LogP contribution in [0.3, 0.4) is 0 Å². The Balaban J connectivity index is -0.000000389. The second-order valence-electron chi connectivity index (χ2n) is 2.85. The maximum absolute atomic E-state index is 10.9. The molecule has 6 heteroatoms. The summed E-state index contributed by atoms with van der Waals surface area (Å²) in [5.41, 5.74) is 0.245. The molecule has 0 aliphatic rings. The molecular weight excluding hydrogens is 283 g/mol. The van der Waals surface area contributed by atoms with E-state index < -0.39 is 18.0 Å². The van der Waals surface area contributed by atoms with E-state index in [2.05, 4.69) is 51.3 Å². The van der Waals surface area contributed by atoms with E-state index in [1.807, 2.05) is 0 Å². The Bertz CT molecular complexity index is 276. The third-order valence-electron chi connectivity index (χ3n) is 1.21. The number of carbonyl (C=O) groups is 2. The van der Waals surface area contributed by atoms with Crippen molar-refractivity contribution >= 4 is 11.9 Å². The van der Waals surface area contributed by atoms with Crippen molar-refractivity contribution in [3.8, 4) is 0 Å². The number of rotatable bonds is 4. The van der Waals surface area contributed by atoms with Crippen molar-refractivity contribution in [1.82, 2.24) is 0 Å². The fraction of sp³-hybridized carbons (Fsp3) is 0.417. The molecule has 107 valence electrons. The van der Waals surface area contributed by atoms with E-state index in [1.165, 1.54) is 13.8 Å². The van der Waals surface area contributed by atoms with Crippen molar-refractivity contribution in [1.29, 1.82) is 0 Å². The summed E-state index contributed by atoms with van der Waals surface area (Å²) in [5.74, 6) is -1.21. The Hall–Kier alpha value is -1.27. The summed E-state index contributed by atoms with van der Waals surface area (Å²) in [5, 5.41) is 0. The van der Waals surface area contributed by atoms with Crippen LogP contribution in [0.4, 0.5) is 0 Å². The number of esters is 2. The van der Waals surface area contributed by atoms with E-state index in [0.29, 0.717) is 0 Å². The van der Waals surface area contributed by atoms with Gasteiger partial charge in [0, 0.05) is 5.57 Å². The van der Waals surface area contributed by atoms with Crippen LogP contribution >= 0.6 is 0 Å². The van der Waals surface area contributed by atoms with Gasteiger partial charge in [-0.15, -0.1) is 0 Å². The first-order valence-corrected chi connectivity index (χ1v) is 5.23. The summed E-state index contributed by atoms with van der Waals surface area (Å²) >= 11 is 2.31. The standard InChI is InChI=1S/C9H13O4.C3H5.Co.O/c1-5-12-9(11)7(4)13-8(10)6(2)3;1-3-2;;/h7H,1-2,5H2,3-4H3;1H2,2H3;;/q2*-1;;. The van der Waals surface area contributed by atoms with Gasteiger partial charge in [0.1, 0.15) is 0 Å². The molecule has 0 aromatic rings. The van der Waals surface area contributed by atoms with Crippen LogP contribution in [0.2, 0.25) is 0 Å². The van der Waals surface area contributed by atoms with Gasteiger partial charge in [0.2, 0.25) is 0 Å². The molecule has 0 aromatic carbocycles. The average Bonchev–Trinajstić information content (AvgIpc) is 2.32. The summed E-state index contributed by atoms with van der Waals surface area (Å²) < 4.78 is 17.2. The normalized spacial score (nSPS) is 9.39. The molecule has 0 bridgehead atoms. The molecule has 0 N–H and O–H groups in total. The summed E-state index contributed by atoms with van der Waals surface area (Å²) in [6.07, 6.45) is 1.59. The minimum atomic E-state index is -0.911. The van der Waals surface area contributed by atoms with Crippen molar-refractivity contribution in [3.63, 3.8) is 0 Å². The quantitative estimate of drug-likeness (QED) is 0.449. The van der Waals surface area contributed by atoms with Crippen LogP contribution in [0.1, 0.15) is 20.8 Å². The molecule has 0 aliphatic carbocycles. The van der Waals surface area contributed by atoms with Crippen LogP contribution in [-0.2, 0) is 38.6 Å². The topological polar surface area (TPSA) is 69.7 Å². The average molecular weight is 301 g/mol. The Morgan fingerprint density at radius 3 is 2.11 bits per heavy atom. The zero-order valence-corrected chi connectivity index (χ0v) is 11.8. The summed E-state index contributed by atoms with van der Waals surface area (Å²) in [6.45, 7) is 14.6. The van der Waals surface area contributed by atoms with Gasteiger partial charge in [0.05, 0.1) is 0 Å². The van der Waals surface area contributed by atoms with E-state index in [0.717, 1.165) is 0 Å². The van der Waals surface area contributed by atoms with Gasteiger partial charge in [0.25, 0.3) is 0 Å². The number of hydrogen-bond acceptors (Lipinski definition) is 5. The maximum atomic E-state index is 10.9. The van der Waals surface area contributed by atoms with Gasteiger partial charge in [-0.3, -0.25) is 6.58 Å². The van der Waals surface area contributed by atoms with Crippen LogP contribution in [0.5, 0.6) is 0 Å². The van der Waals surface area contributed by atoms with Gasteiger partial charge < -0.3 is 22.5 Å². The molecule has 0 heterocycles. The molecule has 0 saturated heterocycles. The zero-order chi connectivity index (χ0) is 15.1. The van der Waals surface area contributed by atoms with Crippen LogP contribution in [0, 0.1) is 13.0 Å². The Labute approximate surface area is 116 Å². The van der Waals surface area contributed by atoms with Crippen molar-refractivity contribution in [3.05, 3.63) is 31.7 Å². The van der Waals surface area contributed by atoms with Gasteiger partial charge in [0.15, 0.2) is 6.10 Å². The van der Waals surface area contributed by atoms with E-state index in [-0.39, 0.29) is 12.2 Å². The first-order chi connectivity index (χ1) is 8.40. The first-order valence-electron chi connectivity index (χ1n) is 4.80. The van der Waals surface area contributed by atoms with E-state index in [4.69, 9.17) is 3.87 Å². The summed E-state index contributed by atoms with van der Waals surface area (Å²) in [6, 6.07) is 0. The fourth-order valence-corrected chi connectivity index (χ4v) is 0.527. The fourth-order valence-electron chi connectivity index (χ4n) is 0.527. The molecule has 18 heavy (non-hydrogen) atoms. The van der Waals surface area contributed by atoms with Gasteiger partial charge in [-0.1, -0.05) is 6.58 Å². The monoisotopic (exact) mass is 301 g/mol. The number of allylic oxidation sites excluding steroid dienone is 1. The molecule has 0 fully saturated rings. The molecule has 1 atom stereocenters. The van der Waals surface area contributed by atoms with Crippen LogP contribution in [0.25, 0.3) is 0 Å². The second kappa shape index (κ2) is 15.7. The van der Waals surface area contributed by atoms with E-state index in [1.54, 1.807) is 6.92 Å². The van der Waals surface area contributed by atoms with Crippen molar-refractivity contribution < 1.29 is 38.6 Å². The van der Waals surface area contributed by atoms with Crippen LogP contribution < -0.4 is 0 Å². The molecule has 5 nitrogen and oxygen atoms in total. The Kier molecular flexibility index (Phi) is 19.2. The van der Waals surface area contributed by atoms with Gasteiger partial charge in [-0.05, 0) is 20.5 Å². The van der Waals surface area contributed by atoms with Gasteiger partial charge in [-0.2, -0.15) is 6.92 Å². The molecule has 0 radical (unpaired) electrons. The molecule has 0 aliphatic heterocycles. The predicted molar refractivity (Wildman–Crippen MR) is 61.9 cm³/mol. The molecule has 1 unspecified atom stereocenters. The van der Waals surface area contributed by atoms with Crippen LogP contribution in [0.15, 0.2) is 18.7 Å². The molecule has 0 aromatic heterocycles. The van der Waals surface area contributed by atoms with Gasteiger partial charge >= 0.3 is 31.5 Å². The molecule has 0 rings (SSSR count). The van der Waals surface area contributed by atoms with Gasteiger partial charge in [-0.25, -0.2) is 9.59 Å². The molecule has 0 amide bonds. The summed E-state index contributed by atoms with van der Waals surface area (Å²) in [7, 11) is 0. The number of ether oxygens (including phenoxy) is 2.